The third-order valence-electron chi connectivity index (χ3n) is 3.85. The van der Waals surface area contributed by atoms with Crippen LogP contribution in [0.15, 0.2) is 45.3 Å². The van der Waals surface area contributed by atoms with Gasteiger partial charge in [-0.25, -0.2) is 0 Å². The van der Waals surface area contributed by atoms with Crippen molar-refractivity contribution in [2.75, 3.05) is 0 Å². The number of Topliss-reactive ketones (excluding diaryl/α,β-unsaturated/α-hetero) is 2. The molecule has 0 radical (unpaired) electrons. The van der Waals surface area contributed by atoms with Crippen LogP contribution in [0.25, 0.3) is 0 Å². The summed E-state index contributed by atoms with van der Waals surface area (Å²) in [5.41, 5.74) is 3.25. The van der Waals surface area contributed by atoms with Crippen molar-refractivity contribution in [1.29, 1.82) is 0 Å². The van der Waals surface area contributed by atoms with E-state index in [1.54, 1.807) is 6.07 Å². The summed E-state index contributed by atoms with van der Waals surface area (Å²) in [5.74, 6) is -0.186. The Morgan fingerprint density at radius 3 is 2.48 bits per heavy atom. The maximum Gasteiger partial charge on any atom is 0.170 e. The molecule has 0 saturated heterocycles. The van der Waals surface area contributed by atoms with Gasteiger partial charge >= 0.3 is 0 Å². The van der Waals surface area contributed by atoms with Crippen LogP contribution in [0.4, 0.5) is 0 Å². The van der Waals surface area contributed by atoms with Crippen LogP contribution in [0.5, 0.6) is 0 Å². The predicted octanol–water partition coefficient (Wildman–Crippen LogP) is 4.94. The summed E-state index contributed by atoms with van der Waals surface area (Å²) in [6.07, 6.45) is 0.656. The maximum atomic E-state index is 12.7. The lowest BCUT2D eigenvalue weighted by atomic mass is 9.90. The predicted molar refractivity (Wildman–Crippen MR) is 89.1 cm³/mol. The molecule has 1 aliphatic carbocycles. The van der Waals surface area contributed by atoms with Gasteiger partial charge in [0.25, 0.3) is 0 Å². The molecule has 0 amide bonds. The largest absolute Gasteiger partial charge is 0.294 e. The number of carbonyl (C=O) groups is 2. The van der Waals surface area contributed by atoms with Crippen molar-refractivity contribution in [1.82, 2.24) is 0 Å². The monoisotopic (exact) mass is 406 g/mol. The molecule has 1 unspecified atom stereocenters. The van der Waals surface area contributed by atoms with Gasteiger partial charge in [0, 0.05) is 20.1 Å². The van der Waals surface area contributed by atoms with E-state index in [4.69, 9.17) is 0 Å². The first-order valence-corrected chi connectivity index (χ1v) is 8.19. The van der Waals surface area contributed by atoms with Gasteiger partial charge in [0.05, 0.1) is 5.92 Å². The van der Waals surface area contributed by atoms with Crippen LogP contribution in [-0.2, 0) is 6.42 Å². The fourth-order valence-corrected chi connectivity index (χ4v) is 3.57. The molecule has 4 heteroatoms. The van der Waals surface area contributed by atoms with E-state index in [2.05, 4.69) is 31.9 Å². The fourth-order valence-electron chi connectivity index (χ4n) is 2.84. The molecule has 0 N–H and O–H groups in total. The minimum Gasteiger partial charge on any atom is -0.294 e. The van der Waals surface area contributed by atoms with Crippen molar-refractivity contribution >= 4 is 43.4 Å². The highest BCUT2D eigenvalue weighted by molar-refractivity contribution is 9.10. The Balaban J connectivity index is 2.08. The Morgan fingerprint density at radius 1 is 1.10 bits per heavy atom. The van der Waals surface area contributed by atoms with E-state index in [-0.39, 0.29) is 17.5 Å². The zero-order valence-corrected chi connectivity index (χ0v) is 14.5. The van der Waals surface area contributed by atoms with Crippen LogP contribution in [-0.4, -0.2) is 11.6 Å². The first-order chi connectivity index (χ1) is 9.97. The first kappa shape index (κ1) is 14.7. The SMILES string of the molecule is CC(=O)c1cc(Br)ccc1C1Cc2ccc(Br)cc2C1=O. The van der Waals surface area contributed by atoms with Gasteiger partial charge in [0.2, 0.25) is 0 Å². The minimum absolute atomic E-state index is 0.0174. The molecule has 2 nitrogen and oxygen atoms in total. The maximum absolute atomic E-state index is 12.7. The third kappa shape index (κ3) is 2.62. The lowest BCUT2D eigenvalue weighted by molar-refractivity contribution is 0.0972. The normalized spacial score (nSPS) is 16.9. The van der Waals surface area contributed by atoms with Crippen molar-refractivity contribution in [3.05, 3.63) is 67.6 Å². The van der Waals surface area contributed by atoms with Crippen molar-refractivity contribution in [2.24, 2.45) is 0 Å². The van der Waals surface area contributed by atoms with Gasteiger partial charge in [-0.05, 0) is 48.7 Å². The Morgan fingerprint density at radius 2 is 1.76 bits per heavy atom. The number of benzene rings is 2. The van der Waals surface area contributed by atoms with Crippen LogP contribution in [0.3, 0.4) is 0 Å². The number of hydrogen-bond acceptors (Lipinski definition) is 2. The average molecular weight is 408 g/mol. The van der Waals surface area contributed by atoms with E-state index >= 15 is 0 Å². The fraction of sp³-hybridized carbons (Fsp3) is 0.176. The summed E-state index contributed by atoms with van der Waals surface area (Å²) in [4.78, 5) is 24.5. The summed E-state index contributed by atoms with van der Waals surface area (Å²) < 4.78 is 1.75. The lowest BCUT2D eigenvalue weighted by Crippen LogP contribution is -2.11. The molecule has 1 aliphatic rings. The number of fused-ring (bicyclic) bond motifs is 1. The molecule has 0 aromatic heterocycles. The zero-order chi connectivity index (χ0) is 15.1. The molecule has 106 valence electrons. The first-order valence-electron chi connectivity index (χ1n) is 6.60. The Bertz CT molecular complexity index is 765. The van der Waals surface area contributed by atoms with E-state index in [1.807, 2.05) is 30.3 Å². The van der Waals surface area contributed by atoms with Crippen LogP contribution >= 0.6 is 31.9 Å². The van der Waals surface area contributed by atoms with Crippen LogP contribution in [0.2, 0.25) is 0 Å². The number of hydrogen-bond donors (Lipinski definition) is 0. The minimum atomic E-state index is -0.263. The van der Waals surface area contributed by atoms with Crippen molar-refractivity contribution < 1.29 is 9.59 Å². The summed E-state index contributed by atoms with van der Waals surface area (Å²) >= 11 is 6.79. The third-order valence-corrected chi connectivity index (χ3v) is 4.83. The second-order valence-corrected chi connectivity index (χ2v) is 7.04. The molecule has 3 rings (SSSR count). The highest BCUT2D eigenvalue weighted by atomic mass is 79.9. The topological polar surface area (TPSA) is 34.1 Å². The molecule has 2 aromatic carbocycles. The molecule has 2 aromatic rings. The van der Waals surface area contributed by atoms with Crippen molar-refractivity contribution in [2.45, 2.75) is 19.3 Å². The smallest absolute Gasteiger partial charge is 0.170 e. The van der Waals surface area contributed by atoms with Gasteiger partial charge in [0.15, 0.2) is 11.6 Å². The summed E-state index contributed by atoms with van der Waals surface area (Å²) in [7, 11) is 0. The van der Waals surface area contributed by atoms with Crippen LogP contribution in [0.1, 0.15) is 44.7 Å². The average Bonchev–Trinajstić information content (AvgIpc) is 2.76. The number of rotatable bonds is 2. The molecule has 21 heavy (non-hydrogen) atoms. The van der Waals surface area contributed by atoms with E-state index in [0.717, 1.165) is 25.6 Å². The van der Waals surface area contributed by atoms with E-state index in [9.17, 15) is 9.59 Å². The molecule has 1 atom stereocenters. The Kier molecular flexibility index (Phi) is 3.84. The Labute approximate surface area is 139 Å². The quantitative estimate of drug-likeness (QED) is 0.661. The summed E-state index contributed by atoms with van der Waals surface area (Å²) in [5, 5.41) is 0. The number of ketones is 2. The standard InChI is InChI=1S/C17H12Br2O2/c1-9(20)14-7-12(19)4-5-13(14)16-6-10-2-3-11(18)8-15(10)17(16)21/h2-5,7-8,16H,6H2,1H3. The molecule has 0 bridgehead atoms. The van der Waals surface area contributed by atoms with Gasteiger partial charge < -0.3 is 0 Å². The number of carbonyl (C=O) groups excluding carboxylic acids is 2. The van der Waals surface area contributed by atoms with Crippen molar-refractivity contribution in [3.8, 4) is 0 Å². The van der Waals surface area contributed by atoms with Gasteiger partial charge in [-0.1, -0.05) is 44.0 Å². The second kappa shape index (κ2) is 5.50. The summed E-state index contributed by atoms with van der Waals surface area (Å²) in [6, 6.07) is 11.3. The molecule has 0 fully saturated rings. The van der Waals surface area contributed by atoms with Gasteiger partial charge in [-0.3, -0.25) is 9.59 Å². The van der Waals surface area contributed by atoms with Crippen molar-refractivity contribution in [3.63, 3.8) is 0 Å². The Hall–Kier alpha value is -1.26. The van der Waals surface area contributed by atoms with Gasteiger partial charge in [-0.15, -0.1) is 0 Å². The van der Waals surface area contributed by atoms with E-state index in [1.165, 1.54) is 6.92 Å². The number of halogens is 2. The molecule has 0 heterocycles. The summed E-state index contributed by atoms with van der Waals surface area (Å²) in [6.45, 7) is 1.54. The second-order valence-electron chi connectivity index (χ2n) is 5.21. The lowest BCUT2D eigenvalue weighted by Gasteiger charge is -2.13. The van der Waals surface area contributed by atoms with E-state index in [0.29, 0.717) is 12.0 Å². The zero-order valence-electron chi connectivity index (χ0n) is 11.3. The highest BCUT2D eigenvalue weighted by Crippen LogP contribution is 2.37. The molecule has 0 aliphatic heterocycles. The van der Waals surface area contributed by atoms with Crippen LogP contribution in [0, 0.1) is 0 Å². The molecular weight excluding hydrogens is 396 g/mol. The molecule has 0 saturated carbocycles. The molecular formula is C17H12Br2O2. The van der Waals surface area contributed by atoms with Gasteiger partial charge in [-0.2, -0.15) is 0 Å². The van der Waals surface area contributed by atoms with Gasteiger partial charge in [0.1, 0.15) is 0 Å². The van der Waals surface area contributed by atoms with Crippen LogP contribution < -0.4 is 0 Å². The molecule has 0 spiro atoms. The highest BCUT2D eigenvalue weighted by Gasteiger charge is 2.33. The van der Waals surface area contributed by atoms with E-state index < -0.39 is 0 Å².